The van der Waals surface area contributed by atoms with Gasteiger partial charge in [-0.3, -0.25) is 0 Å². The van der Waals surface area contributed by atoms with Crippen LogP contribution in [-0.4, -0.2) is 54.7 Å². The molecule has 1 aromatic rings. The number of hydrogen-bond acceptors (Lipinski definition) is 2. The Morgan fingerprint density at radius 1 is 1.00 bits per heavy atom. The molecule has 0 radical (unpaired) electrons. The van der Waals surface area contributed by atoms with Crippen LogP contribution in [0.2, 0.25) is 0 Å². The van der Waals surface area contributed by atoms with E-state index in [9.17, 15) is 8.42 Å². The lowest BCUT2D eigenvalue weighted by atomic mass is 9.84. The highest BCUT2D eigenvalue weighted by molar-refractivity contribution is 7.89. The molecule has 1 saturated carbocycles. The molecule has 1 saturated heterocycles. The number of rotatable bonds is 7. The van der Waals surface area contributed by atoms with Gasteiger partial charge in [0.05, 0.1) is 18.5 Å². The van der Waals surface area contributed by atoms with Crippen LogP contribution in [-0.2, 0) is 10.0 Å². The summed E-state index contributed by atoms with van der Waals surface area (Å²) in [6.45, 7) is 6.40. The number of piperazine rings is 1. The molecule has 26 heavy (non-hydrogen) atoms. The van der Waals surface area contributed by atoms with E-state index in [4.69, 9.17) is 0 Å². The highest BCUT2D eigenvalue weighted by Crippen LogP contribution is 2.32. The van der Waals surface area contributed by atoms with Gasteiger partial charge in [0, 0.05) is 13.0 Å². The topological polar surface area (TPSA) is 55.1 Å². The molecule has 5 nitrogen and oxygen atoms in total. The monoisotopic (exact) mass is 381 g/mol. The van der Waals surface area contributed by atoms with Gasteiger partial charge in [0.15, 0.2) is 0 Å². The fraction of sp³-hybridized carbons (Fsp3) is 0.700. The normalized spacial score (nSPS) is 25.3. The molecule has 3 N–H and O–H groups in total. The van der Waals surface area contributed by atoms with Crippen molar-refractivity contribution in [3.63, 3.8) is 0 Å². The van der Waals surface area contributed by atoms with Gasteiger partial charge in [-0.15, -0.1) is 0 Å². The average molecular weight is 382 g/mol. The van der Waals surface area contributed by atoms with Crippen molar-refractivity contribution in [2.24, 2.45) is 0 Å². The fourth-order valence-corrected chi connectivity index (χ4v) is 5.34. The first-order chi connectivity index (χ1) is 12.5. The molecule has 2 fully saturated rings. The summed E-state index contributed by atoms with van der Waals surface area (Å²) in [7, 11) is -1.14. The van der Waals surface area contributed by atoms with Gasteiger partial charge in [0.2, 0.25) is 10.0 Å². The second-order valence-corrected chi connectivity index (χ2v) is 9.88. The van der Waals surface area contributed by atoms with Crippen molar-refractivity contribution in [2.45, 2.75) is 49.3 Å². The zero-order chi connectivity index (χ0) is 18.4. The molecule has 1 aromatic carbocycles. The number of benzene rings is 1. The Hall–Kier alpha value is -0.950. The Morgan fingerprint density at radius 3 is 2.31 bits per heavy atom. The van der Waals surface area contributed by atoms with Gasteiger partial charge in [0.25, 0.3) is 0 Å². The van der Waals surface area contributed by atoms with Crippen LogP contribution in [0.1, 0.15) is 50.0 Å². The maximum atomic E-state index is 12.5. The van der Waals surface area contributed by atoms with Crippen molar-refractivity contribution in [1.29, 1.82) is 0 Å². The molecular weight excluding hydrogens is 346 g/mol. The number of hydrogen-bond donors (Lipinski definition) is 3. The molecular formula is C20H35N3O2S+2. The number of nitrogens with one attached hydrogen (secondary N) is 3. The van der Waals surface area contributed by atoms with Crippen LogP contribution in [0.5, 0.6) is 0 Å². The van der Waals surface area contributed by atoms with Crippen LogP contribution >= 0.6 is 0 Å². The third-order valence-corrected chi connectivity index (χ3v) is 7.55. The standard InChI is InChI=1S/C20H33N3O2S/c1-22-14-16-23(17-15-22)13-5-12-21-26(24,25)20-10-8-19(9-11-20)18-6-3-2-4-7-18/h8-11,18,21H,2-7,12-17H2,1H3/p+2. The first-order valence-corrected chi connectivity index (χ1v) is 11.8. The Morgan fingerprint density at radius 2 is 1.65 bits per heavy atom. The smallest absolute Gasteiger partial charge is 0.240 e. The second kappa shape index (κ2) is 9.31. The summed E-state index contributed by atoms with van der Waals surface area (Å²) in [6, 6.07) is 7.59. The first-order valence-electron chi connectivity index (χ1n) is 10.3. The van der Waals surface area contributed by atoms with Crippen LogP contribution in [0.15, 0.2) is 29.2 Å². The van der Waals surface area contributed by atoms with E-state index in [2.05, 4.69) is 11.8 Å². The van der Waals surface area contributed by atoms with Crippen molar-refractivity contribution in [1.82, 2.24) is 4.72 Å². The lowest BCUT2D eigenvalue weighted by molar-refractivity contribution is -1.00. The molecule has 0 aromatic heterocycles. The van der Waals surface area contributed by atoms with Crippen LogP contribution in [0.4, 0.5) is 0 Å². The summed E-state index contributed by atoms with van der Waals surface area (Å²) in [5.41, 5.74) is 1.30. The second-order valence-electron chi connectivity index (χ2n) is 8.11. The third kappa shape index (κ3) is 5.52. The van der Waals surface area contributed by atoms with E-state index >= 15 is 0 Å². The lowest BCUT2D eigenvalue weighted by Gasteiger charge is -2.27. The quantitative estimate of drug-likeness (QED) is 0.574. The van der Waals surface area contributed by atoms with E-state index < -0.39 is 10.0 Å². The Labute approximate surface area is 158 Å². The minimum atomic E-state index is -3.38. The molecule has 6 heteroatoms. The Bertz CT molecular complexity index is 646. The van der Waals surface area contributed by atoms with E-state index in [1.54, 1.807) is 21.9 Å². The largest absolute Gasteiger partial charge is 0.328 e. The van der Waals surface area contributed by atoms with Crippen LogP contribution < -0.4 is 14.5 Å². The summed E-state index contributed by atoms with van der Waals surface area (Å²) < 4.78 is 27.8. The van der Waals surface area contributed by atoms with E-state index in [-0.39, 0.29) is 0 Å². The molecule has 2 aliphatic rings. The SMILES string of the molecule is C[NH+]1CC[NH+](CCCNS(=O)(=O)c2ccc(C3CCCCC3)cc2)CC1. The minimum Gasteiger partial charge on any atom is -0.328 e. The lowest BCUT2D eigenvalue weighted by Crippen LogP contribution is -3.27. The molecule has 0 atom stereocenters. The number of likely N-dealkylation sites (N-methyl/N-ethyl adjacent to an activating group) is 1. The van der Waals surface area contributed by atoms with Crippen molar-refractivity contribution in [3.8, 4) is 0 Å². The van der Waals surface area contributed by atoms with Crippen molar-refractivity contribution < 1.29 is 18.2 Å². The number of quaternary nitrogens is 2. The molecule has 1 aliphatic heterocycles. The van der Waals surface area contributed by atoms with E-state index in [1.807, 2.05) is 12.1 Å². The van der Waals surface area contributed by atoms with Crippen molar-refractivity contribution >= 4 is 10.0 Å². The Balaban J connectivity index is 1.45. The fourth-order valence-electron chi connectivity index (χ4n) is 4.26. The van der Waals surface area contributed by atoms with Gasteiger partial charge in [-0.2, -0.15) is 0 Å². The van der Waals surface area contributed by atoms with E-state index in [0.29, 0.717) is 17.4 Å². The predicted molar refractivity (Wildman–Crippen MR) is 104 cm³/mol. The van der Waals surface area contributed by atoms with Crippen LogP contribution in [0.3, 0.4) is 0 Å². The molecule has 0 unspecified atom stereocenters. The zero-order valence-electron chi connectivity index (χ0n) is 16.1. The minimum absolute atomic E-state index is 0.396. The van der Waals surface area contributed by atoms with E-state index in [0.717, 1.165) is 13.0 Å². The van der Waals surface area contributed by atoms with Crippen LogP contribution in [0, 0.1) is 0 Å². The summed E-state index contributed by atoms with van der Waals surface area (Å²) in [5, 5.41) is 0. The average Bonchev–Trinajstić information content (AvgIpc) is 2.67. The highest BCUT2D eigenvalue weighted by atomic mass is 32.2. The maximum absolute atomic E-state index is 12.5. The molecule has 1 aliphatic carbocycles. The maximum Gasteiger partial charge on any atom is 0.240 e. The first kappa shape index (κ1) is 19.8. The molecule has 146 valence electrons. The van der Waals surface area contributed by atoms with Crippen molar-refractivity contribution in [3.05, 3.63) is 29.8 Å². The van der Waals surface area contributed by atoms with Crippen LogP contribution in [0.25, 0.3) is 0 Å². The molecule has 0 bridgehead atoms. The van der Waals surface area contributed by atoms with Gasteiger partial charge in [-0.25, -0.2) is 13.1 Å². The van der Waals surface area contributed by atoms with Gasteiger partial charge in [-0.1, -0.05) is 31.4 Å². The van der Waals surface area contributed by atoms with Gasteiger partial charge in [0.1, 0.15) is 26.2 Å². The van der Waals surface area contributed by atoms with Crippen molar-refractivity contribution in [2.75, 3.05) is 46.3 Å². The highest BCUT2D eigenvalue weighted by Gasteiger charge is 2.20. The zero-order valence-corrected chi connectivity index (χ0v) is 16.9. The summed E-state index contributed by atoms with van der Waals surface area (Å²) in [5.74, 6) is 0.613. The Kier molecular flexibility index (Phi) is 7.09. The summed E-state index contributed by atoms with van der Waals surface area (Å²) in [6.07, 6.45) is 7.30. The summed E-state index contributed by atoms with van der Waals surface area (Å²) in [4.78, 5) is 3.60. The van der Waals surface area contributed by atoms with Gasteiger partial charge < -0.3 is 9.80 Å². The number of sulfonamides is 1. The molecule has 3 rings (SSSR count). The molecule has 0 amide bonds. The predicted octanol–water partition coefficient (Wildman–Crippen LogP) is -0.184. The molecule has 0 spiro atoms. The van der Waals surface area contributed by atoms with Gasteiger partial charge in [-0.05, 0) is 36.5 Å². The van der Waals surface area contributed by atoms with Gasteiger partial charge >= 0.3 is 0 Å². The molecule has 1 heterocycles. The summed E-state index contributed by atoms with van der Waals surface area (Å²) >= 11 is 0. The third-order valence-electron chi connectivity index (χ3n) is 6.08. The van der Waals surface area contributed by atoms with E-state index in [1.165, 1.54) is 63.8 Å².